The predicted octanol–water partition coefficient (Wildman–Crippen LogP) is 6.54. The number of anilines is 2. The highest BCUT2D eigenvalue weighted by Crippen LogP contribution is 2.31. The second-order valence-corrected chi connectivity index (χ2v) is 20.1. The highest BCUT2D eigenvalue weighted by molar-refractivity contribution is 6.31. The van der Waals surface area contributed by atoms with E-state index in [0.29, 0.717) is 98.0 Å². The molecule has 20 heteroatoms. The summed E-state index contributed by atoms with van der Waals surface area (Å²) in [6, 6.07) is 24.0. The number of hydrazine groups is 1. The molecule has 4 aromatic rings. The first kappa shape index (κ1) is 61.3. The highest BCUT2D eigenvalue weighted by Gasteiger charge is 2.27. The molecule has 0 radical (unpaired) electrons. The van der Waals surface area contributed by atoms with Gasteiger partial charge in [0.2, 0.25) is 5.91 Å². The number of halogens is 2. The summed E-state index contributed by atoms with van der Waals surface area (Å²) in [5.41, 5.74) is 12.7. The molecule has 7 rings (SSSR count). The molecule has 3 aliphatic rings. The van der Waals surface area contributed by atoms with Crippen molar-refractivity contribution in [3.8, 4) is 0 Å². The number of aryl methyl sites for hydroxylation is 2. The van der Waals surface area contributed by atoms with Gasteiger partial charge >= 0.3 is 0 Å². The van der Waals surface area contributed by atoms with Crippen molar-refractivity contribution in [1.29, 1.82) is 0 Å². The lowest BCUT2D eigenvalue weighted by Gasteiger charge is -2.39. The van der Waals surface area contributed by atoms with Gasteiger partial charge in [-0.1, -0.05) is 48.0 Å². The third-order valence-electron chi connectivity index (χ3n) is 14.2. The molecule has 3 aliphatic heterocycles. The number of hydrogen-bond donors (Lipinski definition) is 4. The number of amides is 3. The van der Waals surface area contributed by atoms with Crippen LogP contribution in [0.2, 0.25) is 5.02 Å². The Hall–Kier alpha value is -6.87. The number of nitrogens with one attached hydrogen (secondary N) is 4. The van der Waals surface area contributed by atoms with Gasteiger partial charge in [0.1, 0.15) is 31.3 Å². The maximum atomic E-state index is 13.7. The number of likely N-dealkylation sites (N-methyl/N-ethyl adjacent to an activating group) is 1. The molecule has 2 fully saturated rings. The van der Waals surface area contributed by atoms with Crippen LogP contribution in [0.3, 0.4) is 0 Å². The average molecular weight is 1110 g/mol. The van der Waals surface area contributed by atoms with Gasteiger partial charge in [-0.25, -0.2) is 9.38 Å². The van der Waals surface area contributed by atoms with Gasteiger partial charge in [-0.15, -0.1) is 0 Å². The summed E-state index contributed by atoms with van der Waals surface area (Å²) in [7, 11) is 5.24. The highest BCUT2D eigenvalue weighted by atomic mass is 35.5. The number of carbonyl (C=O) groups excluding carboxylic acids is 6. The summed E-state index contributed by atoms with van der Waals surface area (Å²) in [4.78, 5) is 84.8. The quantitative estimate of drug-likeness (QED) is 0.0390. The van der Waals surface area contributed by atoms with E-state index in [1.165, 1.54) is 63.4 Å². The van der Waals surface area contributed by atoms with E-state index < -0.39 is 11.9 Å². The fourth-order valence-electron chi connectivity index (χ4n) is 9.44. The van der Waals surface area contributed by atoms with Gasteiger partial charge in [0.05, 0.1) is 55.1 Å². The normalized spacial score (nSPS) is 16.5. The largest absolute Gasteiger partial charge is 0.379 e. The summed E-state index contributed by atoms with van der Waals surface area (Å²) in [5, 5.41) is 6.00. The molecule has 4 N–H and O–H groups in total. The molecule has 1 unspecified atom stereocenters. The summed E-state index contributed by atoms with van der Waals surface area (Å²) in [6.45, 7) is 9.69. The van der Waals surface area contributed by atoms with E-state index in [4.69, 9.17) is 25.8 Å². The first-order valence-corrected chi connectivity index (χ1v) is 27.3. The van der Waals surface area contributed by atoms with E-state index in [1.807, 2.05) is 30.3 Å². The molecule has 1 atom stereocenters. The van der Waals surface area contributed by atoms with E-state index >= 15 is 0 Å². The van der Waals surface area contributed by atoms with E-state index in [0.717, 1.165) is 73.9 Å². The Morgan fingerprint density at radius 1 is 0.848 bits per heavy atom. The van der Waals surface area contributed by atoms with Gasteiger partial charge in [-0.2, -0.15) is 0 Å². The SMILES string of the molecule is CNC(=O)CCC(C=O)N(C)C(=O)c1ccc(N2CCN(CC3CCN(C)CC3)CC2)cc1C=O.O=CCOCCOCCOCCCc1ccc(/C2=C(\CCc3ccc(F)cc3)C(=O)Nc3ccc(Cl)cc3N=CNN2)cc1. The van der Waals surface area contributed by atoms with Crippen molar-refractivity contribution in [3.63, 3.8) is 0 Å². The molecule has 424 valence electrons. The maximum Gasteiger partial charge on any atom is 0.254 e. The Labute approximate surface area is 468 Å². The van der Waals surface area contributed by atoms with Gasteiger partial charge in [0.15, 0.2) is 6.29 Å². The minimum atomic E-state index is -0.739. The summed E-state index contributed by atoms with van der Waals surface area (Å²) >= 11 is 6.15. The Balaban J connectivity index is 0.000000262. The third kappa shape index (κ3) is 19.8. The zero-order valence-corrected chi connectivity index (χ0v) is 46.3. The number of aliphatic imine (C=N–C) groups is 1. The van der Waals surface area contributed by atoms with E-state index in [9.17, 15) is 33.2 Å². The van der Waals surface area contributed by atoms with Crippen LogP contribution in [0.15, 0.2) is 95.5 Å². The van der Waals surface area contributed by atoms with Crippen molar-refractivity contribution in [2.24, 2.45) is 10.9 Å². The molecular formula is C59H75ClFN9O9. The number of fused-ring (bicyclic) bond motifs is 1. The lowest BCUT2D eigenvalue weighted by atomic mass is 9.96. The number of piperazine rings is 1. The van der Waals surface area contributed by atoms with Crippen LogP contribution in [-0.4, -0.2) is 170 Å². The Kier molecular flexibility index (Phi) is 25.5. The van der Waals surface area contributed by atoms with Crippen LogP contribution in [0.4, 0.5) is 21.5 Å². The molecular weight excluding hydrogens is 1030 g/mol. The van der Waals surface area contributed by atoms with Crippen molar-refractivity contribution in [2.45, 2.75) is 57.4 Å². The summed E-state index contributed by atoms with van der Waals surface area (Å²) in [5.74, 6) is -0.415. The maximum absolute atomic E-state index is 13.7. The first-order chi connectivity index (χ1) is 38.4. The number of carbonyl (C=O) groups is 6. The molecule has 4 aromatic carbocycles. The van der Waals surface area contributed by atoms with Crippen molar-refractivity contribution in [2.75, 3.05) is 117 Å². The van der Waals surface area contributed by atoms with Gasteiger partial charge in [-0.3, -0.25) is 34.9 Å². The number of hydrogen-bond acceptors (Lipinski definition) is 15. The number of piperidine rings is 1. The van der Waals surface area contributed by atoms with E-state index in [1.54, 1.807) is 42.5 Å². The first-order valence-electron chi connectivity index (χ1n) is 27.0. The fraction of sp³-hybridized carbons (Fsp3) is 0.441. The smallest absolute Gasteiger partial charge is 0.254 e. The zero-order valence-electron chi connectivity index (χ0n) is 45.6. The van der Waals surface area contributed by atoms with Crippen LogP contribution in [0, 0.1) is 11.7 Å². The lowest BCUT2D eigenvalue weighted by molar-refractivity contribution is -0.121. The van der Waals surface area contributed by atoms with Gasteiger partial charge in [0, 0.05) is 81.7 Å². The molecule has 0 spiro atoms. The zero-order chi connectivity index (χ0) is 56.4. The van der Waals surface area contributed by atoms with Crippen LogP contribution in [0.5, 0.6) is 0 Å². The molecule has 79 heavy (non-hydrogen) atoms. The van der Waals surface area contributed by atoms with E-state index in [-0.39, 0.29) is 42.6 Å². The second-order valence-electron chi connectivity index (χ2n) is 19.6. The summed E-state index contributed by atoms with van der Waals surface area (Å²) < 4.78 is 29.5. The van der Waals surface area contributed by atoms with Crippen molar-refractivity contribution < 1.29 is 47.4 Å². The van der Waals surface area contributed by atoms with E-state index in [2.05, 4.69) is 48.2 Å². The van der Waals surface area contributed by atoms with Crippen molar-refractivity contribution in [3.05, 3.63) is 129 Å². The van der Waals surface area contributed by atoms with Crippen LogP contribution in [0.1, 0.15) is 75.9 Å². The number of aldehydes is 3. The van der Waals surface area contributed by atoms with Gasteiger partial charge < -0.3 is 49.1 Å². The van der Waals surface area contributed by atoms with Crippen LogP contribution in [-0.2, 0) is 46.2 Å². The molecule has 3 heterocycles. The number of rotatable bonds is 26. The average Bonchev–Trinajstić information content (AvgIpc) is 3.46. The van der Waals surface area contributed by atoms with Gasteiger partial charge in [-0.05, 0) is 136 Å². The Morgan fingerprint density at radius 3 is 2.22 bits per heavy atom. The molecule has 2 saturated heterocycles. The standard InChI is InChI=1S/C33H36ClFN4O5.C26H39N5O4/c34-27-10-14-30-31(22-27)36-23-37-39-32(29(33(41)38-30)13-7-25-5-11-28(35)12-6-25)26-8-3-24(4-9-26)2-1-16-42-18-20-44-21-19-43-17-15-40;1-27-25(34)7-5-23(19-33)29(3)26(35)24-6-4-22(16-21(24)18-32)31-14-12-30(13-15-31)17-20-8-10-28(2)11-9-20/h3-6,8-12,14-15,22-23,39H,1-2,7,13,16-21H2,(H,36,37)(H,38,41);4,6,16,18-20,23H,5,7-15,17H2,1-3H3,(H,27,34)/b32-29-;. The topological polar surface area (TPSA) is 204 Å². The monoisotopic (exact) mass is 1110 g/mol. The predicted molar refractivity (Wildman–Crippen MR) is 305 cm³/mol. The van der Waals surface area contributed by atoms with Crippen molar-refractivity contribution in [1.82, 2.24) is 30.9 Å². The third-order valence-corrected chi connectivity index (χ3v) is 14.4. The molecule has 3 amide bonds. The Morgan fingerprint density at radius 2 is 1.53 bits per heavy atom. The molecule has 0 saturated carbocycles. The number of nitrogens with zero attached hydrogens (tertiary/aromatic N) is 5. The summed E-state index contributed by atoms with van der Waals surface area (Å²) in [6.07, 6.45) is 9.08. The molecule has 0 aliphatic carbocycles. The van der Waals surface area contributed by atoms with Crippen LogP contribution >= 0.6 is 11.6 Å². The minimum Gasteiger partial charge on any atom is -0.379 e. The molecule has 0 aromatic heterocycles. The number of likely N-dealkylation sites (tertiary alicyclic amines) is 1. The van der Waals surface area contributed by atoms with Crippen molar-refractivity contribution >= 4 is 77.3 Å². The fourth-order valence-corrected chi connectivity index (χ4v) is 9.60. The second kappa shape index (κ2) is 32.9. The number of benzene rings is 4. The molecule has 18 nitrogen and oxygen atoms in total. The van der Waals surface area contributed by atoms with Crippen LogP contribution < -0.4 is 26.4 Å². The lowest BCUT2D eigenvalue weighted by Crippen LogP contribution is -2.48. The Bertz CT molecular complexity index is 2680. The minimum absolute atomic E-state index is 0.0831. The number of ether oxygens (including phenoxy) is 3. The van der Waals surface area contributed by atoms with Gasteiger partial charge in [0.25, 0.3) is 11.8 Å². The van der Waals surface area contributed by atoms with Crippen LogP contribution in [0.25, 0.3) is 5.70 Å². The molecule has 0 bridgehead atoms.